The molecule has 0 saturated heterocycles. The average molecular weight is 501 g/mol. The number of aryl methyl sites for hydroxylation is 1. The van der Waals surface area contributed by atoms with E-state index < -0.39 is 9.84 Å². The number of pyridine rings is 2. The van der Waals surface area contributed by atoms with Crippen LogP contribution < -0.4 is 11.0 Å². The molecule has 0 aliphatic rings. The number of halogens is 1. The van der Waals surface area contributed by atoms with E-state index in [1.54, 1.807) is 41.1 Å². The highest BCUT2D eigenvalue weighted by molar-refractivity contribution is 9.10. The van der Waals surface area contributed by atoms with E-state index >= 15 is 0 Å². The van der Waals surface area contributed by atoms with Gasteiger partial charge < -0.3 is 4.57 Å². The van der Waals surface area contributed by atoms with Crippen LogP contribution in [0.5, 0.6) is 0 Å². The molecule has 3 aromatic heterocycles. The van der Waals surface area contributed by atoms with Gasteiger partial charge in [0.25, 0.3) is 5.56 Å². The molecule has 0 radical (unpaired) electrons. The van der Waals surface area contributed by atoms with E-state index in [0.29, 0.717) is 17.8 Å². The smallest absolute Gasteiger partial charge is 0.267 e. The number of fused-ring (bicyclic) bond motifs is 2. The van der Waals surface area contributed by atoms with E-state index in [9.17, 15) is 13.2 Å². The summed E-state index contributed by atoms with van der Waals surface area (Å²) in [6, 6.07) is 12.7. The highest BCUT2D eigenvalue weighted by Crippen LogP contribution is 2.22. The Balaban J connectivity index is 2.06. The van der Waals surface area contributed by atoms with Crippen LogP contribution >= 0.6 is 15.9 Å². The van der Waals surface area contributed by atoms with E-state index in [2.05, 4.69) is 27.8 Å². The first-order valence-corrected chi connectivity index (χ1v) is 12.2. The van der Waals surface area contributed by atoms with Gasteiger partial charge in [-0.05, 0) is 48.9 Å². The van der Waals surface area contributed by atoms with E-state index in [0.717, 1.165) is 23.7 Å². The van der Waals surface area contributed by atoms with Gasteiger partial charge in [0, 0.05) is 17.2 Å². The minimum absolute atomic E-state index is 0.0671. The predicted octanol–water partition coefficient (Wildman–Crippen LogP) is 3.91. The second-order valence-corrected chi connectivity index (χ2v) is 10.1. The van der Waals surface area contributed by atoms with Crippen LogP contribution in [0, 0.1) is 5.41 Å². The van der Waals surface area contributed by atoms with Crippen molar-refractivity contribution in [3.05, 3.63) is 75.0 Å². The fourth-order valence-corrected chi connectivity index (χ4v) is 5.20. The lowest BCUT2D eigenvalue weighted by Crippen LogP contribution is -2.30. The summed E-state index contributed by atoms with van der Waals surface area (Å²) >= 11 is 3.31. The molecule has 4 rings (SSSR count). The van der Waals surface area contributed by atoms with Crippen LogP contribution in [0.4, 0.5) is 0 Å². The molecule has 0 bridgehead atoms. The van der Waals surface area contributed by atoms with Gasteiger partial charge in [0.15, 0.2) is 0 Å². The first-order valence-electron chi connectivity index (χ1n) is 9.95. The summed E-state index contributed by atoms with van der Waals surface area (Å²) in [6.45, 7) is 2.47. The third-order valence-electron chi connectivity index (χ3n) is 5.18. The Labute approximate surface area is 187 Å². The van der Waals surface area contributed by atoms with Crippen molar-refractivity contribution >= 4 is 42.4 Å². The normalized spacial score (nSPS) is 11.9. The summed E-state index contributed by atoms with van der Waals surface area (Å²) < 4.78 is 30.5. The Morgan fingerprint density at radius 2 is 1.84 bits per heavy atom. The second-order valence-electron chi connectivity index (χ2n) is 7.26. The molecule has 0 spiro atoms. The number of benzene rings is 1. The number of nitrogens with zero attached hydrogens (tertiary/aromatic N) is 3. The van der Waals surface area contributed by atoms with Gasteiger partial charge in [0.2, 0.25) is 9.84 Å². The molecule has 7 nitrogen and oxygen atoms in total. The highest BCUT2D eigenvalue weighted by Gasteiger charge is 2.24. The van der Waals surface area contributed by atoms with Crippen LogP contribution in [0.1, 0.15) is 26.2 Å². The summed E-state index contributed by atoms with van der Waals surface area (Å²) in [5, 5.41) is 8.89. The molecule has 0 amide bonds. The molecule has 4 aromatic rings. The zero-order chi connectivity index (χ0) is 22.2. The summed E-state index contributed by atoms with van der Waals surface area (Å²) in [7, 11) is -4.01. The minimum Gasteiger partial charge on any atom is -0.310 e. The number of unbranched alkanes of at least 4 members (excludes halogenated alkanes) is 2. The van der Waals surface area contributed by atoms with Crippen molar-refractivity contribution in [3.63, 3.8) is 0 Å². The summed E-state index contributed by atoms with van der Waals surface area (Å²) in [4.78, 5) is 17.6. The van der Waals surface area contributed by atoms with Crippen molar-refractivity contribution < 1.29 is 8.42 Å². The van der Waals surface area contributed by atoms with Crippen LogP contribution in [-0.4, -0.2) is 22.4 Å². The first-order chi connectivity index (χ1) is 14.8. The summed E-state index contributed by atoms with van der Waals surface area (Å²) in [6.07, 6.45) is 4.24. The van der Waals surface area contributed by atoms with Gasteiger partial charge in [-0.15, -0.1) is 0 Å². The number of hydrogen-bond acceptors (Lipinski definition) is 5. The lowest BCUT2D eigenvalue weighted by atomic mass is 10.2. The Morgan fingerprint density at radius 3 is 2.55 bits per heavy atom. The molecular formula is C22H21BrN4O3S. The van der Waals surface area contributed by atoms with Gasteiger partial charge in [0.05, 0.1) is 10.3 Å². The number of hydrogen-bond donors (Lipinski definition) is 1. The maximum atomic E-state index is 13.4. The molecule has 160 valence electrons. The van der Waals surface area contributed by atoms with E-state index in [1.807, 2.05) is 0 Å². The Bertz CT molecular complexity index is 1510. The van der Waals surface area contributed by atoms with Crippen molar-refractivity contribution in [1.82, 2.24) is 14.0 Å². The van der Waals surface area contributed by atoms with Crippen molar-refractivity contribution in [2.24, 2.45) is 0 Å². The molecule has 1 aromatic carbocycles. The quantitative estimate of drug-likeness (QED) is 0.320. The van der Waals surface area contributed by atoms with Crippen LogP contribution in [0.25, 0.3) is 16.7 Å². The van der Waals surface area contributed by atoms with Gasteiger partial charge in [-0.2, -0.15) is 0 Å². The zero-order valence-corrected chi connectivity index (χ0v) is 19.3. The molecule has 31 heavy (non-hydrogen) atoms. The molecule has 0 saturated carbocycles. The lowest BCUT2D eigenvalue weighted by Gasteiger charge is -2.15. The molecule has 9 heteroatoms. The first kappa shape index (κ1) is 21.5. The highest BCUT2D eigenvalue weighted by atomic mass is 79.9. The van der Waals surface area contributed by atoms with Gasteiger partial charge in [-0.25, -0.2) is 13.4 Å². The van der Waals surface area contributed by atoms with Gasteiger partial charge in [0.1, 0.15) is 21.7 Å². The molecule has 0 aliphatic heterocycles. The van der Waals surface area contributed by atoms with Crippen molar-refractivity contribution in [3.8, 4) is 0 Å². The van der Waals surface area contributed by atoms with Crippen LogP contribution in [0.3, 0.4) is 0 Å². The van der Waals surface area contributed by atoms with Crippen LogP contribution in [-0.2, 0) is 16.4 Å². The Kier molecular flexibility index (Phi) is 5.81. The zero-order valence-electron chi connectivity index (χ0n) is 16.9. The molecule has 0 fully saturated rings. The van der Waals surface area contributed by atoms with Crippen molar-refractivity contribution in [2.75, 3.05) is 0 Å². The maximum absolute atomic E-state index is 13.4. The summed E-state index contributed by atoms with van der Waals surface area (Å²) in [5.74, 6) is 0. The minimum atomic E-state index is -4.01. The van der Waals surface area contributed by atoms with Crippen molar-refractivity contribution in [1.29, 1.82) is 5.41 Å². The third-order valence-corrected chi connectivity index (χ3v) is 7.49. The molecule has 0 aliphatic carbocycles. The third kappa shape index (κ3) is 3.83. The maximum Gasteiger partial charge on any atom is 0.267 e. The van der Waals surface area contributed by atoms with Crippen LogP contribution in [0.15, 0.2) is 73.8 Å². The number of sulfone groups is 1. The molecule has 1 N–H and O–H groups in total. The Hall–Kier alpha value is -2.78. The number of nitrogens with one attached hydrogen (secondary N) is 1. The average Bonchev–Trinajstić information content (AvgIpc) is 2.76. The fraction of sp³-hybridized carbons (Fsp3) is 0.227. The number of aromatic nitrogens is 3. The molecule has 0 unspecified atom stereocenters. The van der Waals surface area contributed by atoms with Gasteiger partial charge >= 0.3 is 0 Å². The Morgan fingerprint density at radius 1 is 1.10 bits per heavy atom. The molecule has 0 atom stereocenters. The molecule has 3 heterocycles. The van der Waals surface area contributed by atoms with E-state index in [1.165, 1.54) is 22.6 Å². The predicted molar refractivity (Wildman–Crippen MR) is 122 cm³/mol. The van der Waals surface area contributed by atoms with Gasteiger partial charge in [-0.3, -0.25) is 14.6 Å². The summed E-state index contributed by atoms with van der Waals surface area (Å²) in [5.41, 5.74) is 0.245. The standard InChI is InChI=1S/C22H21BrN4O3S/c1-2-3-5-13-27-20(24)18(31(29,30)16-10-8-15(23)9-11-16)14-17-21(27)25-19-7-4-6-12-26(19)22(17)28/h4,6-12,14,24H,2-3,5,13H2,1H3. The SMILES string of the molecule is CCCCCn1c(=N)c(S(=O)(=O)c2ccc(Br)cc2)cc2c(=O)n3ccccc3nc21. The second kappa shape index (κ2) is 8.39. The van der Waals surface area contributed by atoms with E-state index in [4.69, 9.17) is 5.41 Å². The van der Waals surface area contributed by atoms with Crippen LogP contribution in [0.2, 0.25) is 0 Å². The fourth-order valence-electron chi connectivity index (χ4n) is 3.54. The number of rotatable bonds is 6. The lowest BCUT2D eigenvalue weighted by molar-refractivity contribution is 0.570. The topological polar surface area (TPSA) is 97.3 Å². The monoisotopic (exact) mass is 500 g/mol. The van der Waals surface area contributed by atoms with Crippen molar-refractivity contribution in [2.45, 2.75) is 42.5 Å². The largest absolute Gasteiger partial charge is 0.310 e. The molecular weight excluding hydrogens is 480 g/mol. The van der Waals surface area contributed by atoms with E-state index in [-0.39, 0.29) is 26.2 Å². The van der Waals surface area contributed by atoms with Gasteiger partial charge in [-0.1, -0.05) is 41.8 Å².